The Morgan fingerprint density at radius 1 is 0.912 bits per heavy atom. The van der Waals surface area contributed by atoms with Gasteiger partial charge in [-0.3, -0.25) is 9.59 Å². The zero-order chi connectivity index (χ0) is 23.7. The molecule has 0 spiro atoms. The van der Waals surface area contributed by atoms with Crippen molar-refractivity contribution in [1.29, 1.82) is 0 Å². The highest BCUT2D eigenvalue weighted by Gasteiger charge is 2.41. The molecule has 1 amide bonds. The number of hydrogen-bond acceptors (Lipinski definition) is 5. The van der Waals surface area contributed by atoms with Crippen molar-refractivity contribution in [3.63, 3.8) is 0 Å². The van der Waals surface area contributed by atoms with Gasteiger partial charge in [0.05, 0.1) is 19.9 Å². The number of hydrazone groups is 1. The minimum Gasteiger partial charge on any atom is -0.493 e. The molecule has 0 N–H and O–H groups in total. The number of fused-ring (bicyclic) bond motifs is 2. The van der Waals surface area contributed by atoms with E-state index in [0.717, 1.165) is 47.7 Å². The van der Waals surface area contributed by atoms with E-state index >= 15 is 0 Å². The molecule has 0 aromatic heterocycles. The van der Waals surface area contributed by atoms with Crippen LogP contribution >= 0.6 is 0 Å². The number of nitrogens with zero attached hydrogens (tertiary/aromatic N) is 2. The van der Waals surface area contributed by atoms with Crippen molar-refractivity contribution in [3.05, 3.63) is 71.8 Å². The summed E-state index contributed by atoms with van der Waals surface area (Å²) >= 11 is 0. The number of ether oxygens (including phenoxy) is 2. The molecule has 3 aromatic rings. The van der Waals surface area contributed by atoms with E-state index < -0.39 is 0 Å². The normalized spacial score (nSPS) is 20.0. The molecule has 2 aliphatic rings. The van der Waals surface area contributed by atoms with Crippen molar-refractivity contribution in [1.82, 2.24) is 5.01 Å². The van der Waals surface area contributed by atoms with Crippen LogP contribution in [0.1, 0.15) is 41.6 Å². The maximum absolute atomic E-state index is 13.4. The zero-order valence-electron chi connectivity index (χ0n) is 19.5. The van der Waals surface area contributed by atoms with Gasteiger partial charge in [0.25, 0.3) is 0 Å². The summed E-state index contributed by atoms with van der Waals surface area (Å²) in [5, 5.41) is 8.22. The molecule has 5 rings (SSSR count). The van der Waals surface area contributed by atoms with Crippen molar-refractivity contribution in [3.8, 4) is 11.5 Å². The molecule has 6 nitrogen and oxygen atoms in total. The van der Waals surface area contributed by atoms with Gasteiger partial charge >= 0.3 is 0 Å². The molecule has 2 unspecified atom stereocenters. The molecule has 1 aliphatic heterocycles. The van der Waals surface area contributed by atoms with Crippen LogP contribution in [0.4, 0.5) is 0 Å². The third kappa shape index (κ3) is 4.04. The van der Waals surface area contributed by atoms with Crippen LogP contribution < -0.4 is 9.47 Å². The molecule has 0 bridgehead atoms. The predicted molar refractivity (Wildman–Crippen MR) is 132 cm³/mol. The Kier molecular flexibility index (Phi) is 6.05. The average Bonchev–Trinajstić information content (AvgIpc) is 2.89. The van der Waals surface area contributed by atoms with Crippen LogP contribution in [0.15, 0.2) is 65.8 Å². The lowest BCUT2D eigenvalue weighted by Crippen LogP contribution is -2.47. The Hall–Kier alpha value is -3.67. The van der Waals surface area contributed by atoms with E-state index in [9.17, 15) is 9.59 Å². The zero-order valence-corrected chi connectivity index (χ0v) is 19.5. The topological polar surface area (TPSA) is 68.2 Å². The van der Waals surface area contributed by atoms with Crippen molar-refractivity contribution in [2.24, 2.45) is 16.9 Å². The van der Waals surface area contributed by atoms with Gasteiger partial charge in [-0.25, -0.2) is 5.01 Å². The van der Waals surface area contributed by atoms with Crippen LogP contribution in [-0.2, 0) is 4.79 Å². The molecule has 0 saturated heterocycles. The SMILES string of the molecule is COc1ccc(C2=NN(CC(=O)c3ccc4ccccc4c3)C(=O)C3CCCCC23)cc1OC. The Labute approximate surface area is 199 Å². The Bertz CT molecular complexity index is 1280. The summed E-state index contributed by atoms with van der Waals surface area (Å²) in [6.07, 6.45) is 3.81. The van der Waals surface area contributed by atoms with E-state index in [0.29, 0.717) is 17.1 Å². The van der Waals surface area contributed by atoms with E-state index in [1.54, 1.807) is 14.2 Å². The lowest BCUT2D eigenvalue weighted by atomic mass is 9.73. The van der Waals surface area contributed by atoms with Crippen LogP contribution in [0.3, 0.4) is 0 Å². The maximum Gasteiger partial charge on any atom is 0.246 e. The summed E-state index contributed by atoms with van der Waals surface area (Å²) in [5.74, 6) is 0.977. The lowest BCUT2D eigenvalue weighted by Gasteiger charge is -2.38. The first-order valence-corrected chi connectivity index (χ1v) is 11.7. The number of Topliss-reactive ketones (excluding diaryl/α,β-unsaturated/α-hetero) is 1. The number of rotatable bonds is 6. The molecule has 1 aliphatic carbocycles. The molecule has 3 aromatic carbocycles. The van der Waals surface area contributed by atoms with Gasteiger partial charge in [0, 0.05) is 23.0 Å². The molecular weight excluding hydrogens is 428 g/mol. The highest BCUT2D eigenvalue weighted by molar-refractivity contribution is 6.08. The second kappa shape index (κ2) is 9.29. The van der Waals surface area contributed by atoms with Gasteiger partial charge in [0.2, 0.25) is 5.91 Å². The highest BCUT2D eigenvalue weighted by Crippen LogP contribution is 2.39. The van der Waals surface area contributed by atoms with Gasteiger partial charge in [-0.05, 0) is 47.9 Å². The predicted octanol–water partition coefficient (Wildman–Crippen LogP) is 5.09. The summed E-state index contributed by atoms with van der Waals surface area (Å²) in [7, 11) is 3.21. The van der Waals surface area contributed by atoms with E-state index in [1.165, 1.54) is 5.01 Å². The van der Waals surface area contributed by atoms with E-state index in [2.05, 4.69) is 0 Å². The van der Waals surface area contributed by atoms with Gasteiger partial charge in [0.15, 0.2) is 17.3 Å². The molecule has 1 heterocycles. The van der Waals surface area contributed by atoms with Crippen molar-refractivity contribution in [2.45, 2.75) is 25.7 Å². The maximum atomic E-state index is 13.4. The first kappa shape index (κ1) is 22.1. The van der Waals surface area contributed by atoms with Gasteiger partial charge in [-0.1, -0.05) is 49.2 Å². The van der Waals surface area contributed by atoms with Gasteiger partial charge in [0.1, 0.15) is 6.54 Å². The van der Waals surface area contributed by atoms with Crippen LogP contribution in [0.5, 0.6) is 11.5 Å². The number of carbonyl (C=O) groups is 2. The van der Waals surface area contributed by atoms with E-state index in [4.69, 9.17) is 14.6 Å². The second-order valence-electron chi connectivity index (χ2n) is 8.93. The fourth-order valence-electron chi connectivity index (χ4n) is 5.17. The summed E-state index contributed by atoms with van der Waals surface area (Å²) < 4.78 is 10.9. The number of carbonyl (C=O) groups excluding carboxylic acids is 2. The number of benzene rings is 3. The fourth-order valence-corrected chi connectivity index (χ4v) is 5.17. The fraction of sp³-hybridized carbons (Fsp3) is 0.321. The summed E-state index contributed by atoms with van der Waals surface area (Å²) in [5.41, 5.74) is 2.32. The van der Waals surface area contributed by atoms with Crippen LogP contribution in [0.25, 0.3) is 10.8 Å². The molecule has 34 heavy (non-hydrogen) atoms. The summed E-state index contributed by atoms with van der Waals surface area (Å²) in [6.45, 7) is -0.0722. The van der Waals surface area contributed by atoms with Crippen LogP contribution in [-0.4, -0.2) is 43.2 Å². The number of amides is 1. The quantitative estimate of drug-likeness (QED) is 0.485. The molecule has 0 radical (unpaired) electrons. The average molecular weight is 457 g/mol. The van der Waals surface area contributed by atoms with Crippen LogP contribution in [0.2, 0.25) is 0 Å². The monoisotopic (exact) mass is 456 g/mol. The van der Waals surface area contributed by atoms with Crippen molar-refractivity contribution >= 4 is 28.2 Å². The Morgan fingerprint density at radius 2 is 1.65 bits per heavy atom. The van der Waals surface area contributed by atoms with Crippen molar-refractivity contribution < 1.29 is 19.1 Å². The third-order valence-electron chi connectivity index (χ3n) is 6.96. The molecule has 1 fully saturated rings. The summed E-state index contributed by atoms with van der Waals surface area (Å²) in [6, 6.07) is 19.3. The Balaban J connectivity index is 1.49. The number of hydrogen-bond donors (Lipinski definition) is 0. The van der Waals surface area contributed by atoms with E-state index in [1.807, 2.05) is 60.7 Å². The first-order valence-electron chi connectivity index (χ1n) is 11.7. The minimum atomic E-state index is -0.154. The molecular formula is C28H28N2O4. The molecule has 6 heteroatoms. The van der Waals surface area contributed by atoms with Gasteiger partial charge in [-0.2, -0.15) is 5.10 Å². The molecule has 2 atom stereocenters. The van der Waals surface area contributed by atoms with Crippen LogP contribution in [0, 0.1) is 11.8 Å². The lowest BCUT2D eigenvalue weighted by molar-refractivity contribution is -0.138. The number of methoxy groups -OCH3 is 2. The first-order chi connectivity index (χ1) is 16.6. The minimum absolute atomic E-state index is 0.0476. The van der Waals surface area contributed by atoms with Crippen molar-refractivity contribution in [2.75, 3.05) is 20.8 Å². The van der Waals surface area contributed by atoms with Gasteiger partial charge in [-0.15, -0.1) is 0 Å². The molecule has 174 valence electrons. The standard InChI is InChI=1S/C28H28N2O4/c1-33-25-14-13-21(16-26(25)34-2)27-22-9-5-6-10-23(22)28(32)30(29-27)17-24(31)20-12-11-18-7-3-4-8-19(18)15-20/h3-4,7-8,11-16,22-23H,5-6,9-10,17H2,1-2H3. The smallest absolute Gasteiger partial charge is 0.246 e. The highest BCUT2D eigenvalue weighted by atomic mass is 16.5. The number of ketones is 1. The Morgan fingerprint density at radius 3 is 2.41 bits per heavy atom. The second-order valence-corrected chi connectivity index (χ2v) is 8.93. The largest absolute Gasteiger partial charge is 0.493 e. The van der Waals surface area contributed by atoms with Gasteiger partial charge < -0.3 is 9.47 Å². The molecule has 1 saturated carbocycles. The van der Waals surface area contributed by atoms with E-state index in [-0.39, 0.29) is 30.1 Å². The summed E-state index contributed by atoms with van der Waals surface area (Å²) in [4.78, 5) is 26.6. The third-order valence-corrected chi connectivity index (χ3v) is 6.96.